The minimum atomic E-state index is -0.264. The van der Waals surface area contributed by atoms with Crippen LogP contribution >= 0.6 is 11.6 Å². The summed E-state index contributed by atoms with van der Waals surface area (Å²) >= 11 is 6.50. The number of carbonyl (C=O) groups is 2. The van der Waals surface area contributed by atoms with Crippen LogP contribution in [-0.4, -0.2) is 28.4 Å². The van der Waals surface area contributed by atoms with Gasteiger partial charge in [0, 0.05) is 42.1 Å². The molecule has 4 rings (SSSR count). The summed E-state index contributed by atoms with van der Waals surface area (Å²) < 4.78 is 6.20. The van der Waals surface area contributed by atoms with E-state index in [9.17, 15) is 9.59 Å². The SMILES string of the molecule is CCC(=O)N[C@@H]1CCC[C@H](C(=O)Nc2cc(-c3cccc4c3OC(C)(C)C4)c(Cl)cn2)C1. The highest BCUT2D eigenvalue weighted by Crippen LogP contribution is 2.44. The van der Waals surface area contributed by atoms with Crippen molar-refractivity contribution in [1.82, 2.24) is 10.3 Å². The van der Waals surface area contributed by atoms with E-state index in [1.807, 2.05) is 25.1 Å². The lowest BCUT2D eigenvalue weighted by Crippen LogP contribution is -2.40. The molecule has 0 unspecified atom stereocenters. The summed E-state index contributed by atoms with van der Waals surface area (Å²) in [6, 6.07) is 7.91. The maximum atomic E-state index is 13.0. The number of nitrogens with one attached hydrogen (secondary N) is 2. The van der Waals surface area contributed by atoms with Gasteiger partial charge >= 0.3 is 0 Å². The molecule has 0 spiro atoms. The molecule has 1 fully saturated rings. The highest BCUT2D eigenvalue weighted by molar-refractivity contribution is 6.33. The number of nitrogens with zero attached hydrogens (tertiary/aromatic N) is 1. The average Bonchev–Trinajstić information content (AvgIpc) is 3.09. The Balaban J connectivity index is 1.52. The zero-order valence-corrected chi connectivity index (χ0v) is 19.6. The molecule has 2 N–H and O–H groups in total. The summed E-state index contributed by atoms with van der Waals surface area (Å²) in [7, 11) is 0. The van der Waals surface area contributed by atoms with E-state index in [1.54, 1.807) is 6.20 Å². The molecule has 2 heterocycles. The number of ether oxygens (including phenoxy) is 1. The maximum Gasteiger partial charge on any atom is 0.228 e. The first-order chi connectivity index (χ1) is 15.3. The fourth-order valence-corrected chi connectivity index (χ4v) is 4.86. The third-order valence-corrected chi connectivity index (χ3v) is 6.52. The van der Waals surface area contributed by atoms with Crippen molar-refractivity contribution < 1.29 is 14.3 Å². The van der Waals surface area contributed by atoms with Crippen molar-refractivity contribution in [2.45, 2.75) is 70.9 Å². The molecule has 2 amide bonds. The lowest BCUT2D eigenvalue weighted by Gasteiger charge is -2.29. The van der Waals surface area contributed by atoms with Crippen molar-refractivity contribution in [3.05, 3.63) is 41.0 Å². The molecule has 2 aromatic rings. The Morgan fingerprint density at radius 3 is 2.84 bits per heavy atom. The van der Waals surface area contributed by atoms with Crippen LogP contribution in [0.15, 0.2) is 30.5 Å². The van der Waals surface area contributed by atoms with Gasteiger partial charge in [0.2, 0.25) is 11.8 Å². The van der Waals surface area contributed by atoms with E-state index in [0.717, 1.165) is 48.1 Å². The quantitative estimate of drug-likeness (QED) is 0.654. The van der Waals surface area contributed by atoms with Crippen molar-refractivity contribution in [2.75, 3.05) is 5.32 Å². The third kappa shape index (κ3) is 4.90. The van der Waals surface area contributed by atoms with Gasteiger partial charge in [0.15, 0.2) is 0 Å². The Morgan fingerprint density at radius 2 is 2.06 bits per heavy atom. The number of hydrogen-bond acceptors (Lipinski definition) is 4. The largest absolute Gasteiger partial charge is 0.487 e. The number of carbonyl (C=O) groups excluding carboxylic acids is 2. The molecule has 0 radical (unpaired) electrons. The number of aromatic nitrogens is 1. The van der Waals surface area contributed by atoms with Crippen LogP contribution in [0.5, 0.6) is 5.75 Å². The number of hydrogen-bond donors (Lipinski definition) is 2. The Kier molecular flexibility index (Phi) is 6.42. The van der Waals surface area contributed by atoms with E-state index in [-0.39, 0.29) is 29.4 Å². The number of amides is 2. The number of para-hydroxylation sites is 1. The van der Waals surface area contributed by atoms with Crippen LogP contribution in [0.4, 0.5) is 5.82 Å². The molecule has 1 saturated carbocycles. The maximum absolute atomic E-state index is 13.0. The van der Waals surface area contributed by atoms with Gasteiger partial charge in [-0.2, -0.15) is 0 Å². The van der Waals surface area contributed by atoms with Gasteiger partial charge in [0.25, 0.3) is 0 Å². The summed E-state index contributed by atoms with van der Waals surface area (Å²) in [5, 5.41) is 6.48. The highest BCUT2D eigenvalue weighted by atomic mass is 35.5. The Hall–Kier alpha value is -2.60. The van der Waals surface area contributed by atoms with E-state index < -0.39 is 0 Å². The molecule has 6 nitrogen and oxygen atoms in total. The molecule has 1 aromatic heterocycles. The van der Waals surface area contributed by atoms with Crippen LogP contribution < -0.4 is 15.4 Å². The van der Waals surface area contributed by atoms with E-state index in [4.69, 9.17) is 16.3 Å². The molecule has 170 valence electrons. The predicted molar refractivity (Wildman–Crippen MR) is 126 cm³/mol. The van der Waals surface area contributed by atoms with Crippen LogP contribution in [0.1, 0.15) is 58.4 Å². The lowest BCUT2D eigenvalue weighted by molar-refractivity contribution is -0.124. The molecule has 1 aliphatic carbocycles. The standard InChI is InChI=1S/C25H30ClN3O3/c1-4-22(30)28-17-9-5-7-15(11-17)24(31)29-21-12-19(20(26)14-27-21)18-10-6-8-16-13-25(2,3)32-23(16)18/h6,8,10,12,14-15,17H,4-5,7,9,11,13H2,1-3H3,(H,28,30)(H,27,29,31)/t15-,17+/m0/s1. The smallest absolute Gasteiger partial charge is 0.228 e. The van der Waals surface area contributed by atoms with Gasteiger partial charge in [-0.15, -0.1) is 0 Å². The summed E-state index contributed by atoms with van der Waals surface area (Å²) in [6.45, 7) is 5.97. The number of halogens is 1. The van der Waals surface area contributed by atoms with Crippen molar-refractivity contribution in [2.24, 2.45) is 5.92 Å². The molecule has 2 aliphatic rings. The van der Waals surface area contributed by atoms with Crippen molar-refractivity contribution in [3.8, 4) is 16.9 Å². The van der Waals surface area contributed by atoms with Crippen LogP contribution in [0, 0.1) is 5.92 Å². The highest BCUT2D eigenvalue weighted by Gasteiger charge is 2.32. The fraction of sp³-hybridized carbons (Fsp3) is 0.480. The minimum absolute atomic E-state index is 0.0286. The van der Waals surface area contributed by atoms with Crippen molar-refractivity contribution in [3.63, 3.8) is 0 Å². The van der Waals surface area contributed by atoms with Gasteiger partial charge in [-0.25, -0.2) is 4.98 Å². The number of benzene rings is 1. The molecule has 1 aromatic carbocycles. The summed E-state index contributed by atoms with van der Waals surface area (Å²) in [6.07, 6.45) is 6.13. The zero-order valence-electron chi connectivity index (χ0n) is 18.8. The molecular formula is C25H30ClN3O3. The molecule has 1 aliphatic heterocycles. The molecule has 0 saturated heterocycles. The van der Waals surface area contributed by atoms with Crippen LogP contribution in [0.3, 0.4) is 0 Å². The third-order valence-electron chi connectivity index (χ3n) is 6.22. The molecular weight excluding hydrogens is 426 g/mol. The Bertz CT molecular complexity index is 1040. The van der Waals surface area contributed by atoms with Crippen molar-refractivity contribution >= 4 is 29.2 Å². The zero-order chi connectivity index (χ0) is 22.9. The Morgan fingerprint density at radius 1 is 1.25 bits per heavy atom. The fourth-order valence-electron chi connectivity index (χ4n) is 4.66. The van der Waals surface area contributed by atoms with Gasteiger partial charge < -0.3 is 15.4 Å². The number of rotatable bonds is 5. The second-order valence-corrected chi connectivity index (χ2v) is 9.76. The molecule has 0 bridgehead atoms. The van der Waals surface area contributed by atoms with Crippen LogP contribution in [-0.2, 0) is 16.0 Å². The van der Waals surface area contributed by atoms with E-state index >= 15 is 0 Å². The lowest BCUT2D eigenvalue weighted by atomic mass is 9.85. The van der Waals surface area contributed by atoms with Crippen molar-refractivity contribution in [1.29, 1.82) is 0 Å². The number of pyridine rings is 1. The molecule has 32 heavy (non-hydrogen) atoms. The Labute approximate surface area is 194 Å². The normalized spacial score (nSPS) is 21.4. The summed E-state index contributed by atoms with van der Waals surface area (Å²) in [5.41, 5.74) is 2.56. The summed E-state index contributed by atoms with van der Waals surface area (Å²) in [4.78, 5) is 29.0. The second-order valence-electron chi connectivity index (χ2n) is 9.35. The minimum Gasteiger partial charge on any atom is -0.487 e. The van der Waals surface area contributed by atoms with E-state index in [1.165, 1.54) is 0 Å². The monoisotopic (exact) mass is 455 g/mol. The van der Waals surface area contributed by atoms with Gasteiger partial charge in [0.05, 0.1) is 5.02 Å². The first kappa shape index (κ1) is 22.6. The van der Waals surface area contributed by atoms with E-state index in [0.29, 0.717) is 23.7 Å². The van der Waals surface area contributed by atoms with Gasteiger partial charge in [0.1, 0.15) is 17.2 Å². The summed E-state index contributed by atoms with van der Waals surface area (Å²) in [5.74, 6) is 1.10. The van der Waals surface area contributed by atoms with Crippen LogP contribution in [0.25, 0.3) is 11.1 Å². The number of anilines is 1. The molecule has 2 atom stereocenters. The van der Waals surface area contributed by atoms with Crippen LogP contribution in [0.2, 0.25) is 5.02 Å². The van der Waals surface area contributed by atoms with Gasteiger partial charge in [-0.05, 0) is 44.7 Å². The topological polar surface area (TPSA) is 80.3 Å². The first-order valence-electron chi connectivity index (χ1n) is 11.3. The number of fused-ring (bicyclic) bond motifs is 1. The average molecular weight is 456 g/mol. The molecule has 7 heteroatoms. The predicted octanol–water partition coefficient (Wildman–Crippen LogP) is 5.14. The van der Waals surface area contributed by atoms with Gasteiger partial charge in [-0.1, -0.05) is 43.1 Å². The second kappa shape index (κ2) is 9.10. The van der Waals surface area contributed by atoms with Gasteiger partial charge in [-0.3, -0.25) is 9.59 Å². The first-order valence-corrected chi connectivity index (χ1v) is 11.7. The van der Waals surface area contributed by atoms with E-state index in [2.05, 4.69) is 35.5 Å².